The van der Waals surface area contributed by atoms with E-state index in [-0.39, 0.29) is 0 Å². The smallest absolute Gasteiger partial charge is 0.104 e. The minimum Gasteiger partial charge on any atom is -0.240 e. The molecule has 0 fully saturated rings. The van der Waals surface area contributed by atoms with Crippen molar-refractivity contribution >= 4 is 39.0 Å². The van der Waals surface area contributed by atoms with Crippen molar-refractivity contribution in [1.29, 1.82) is 0 Å². The molecule has 0 amide bonds. The van der Waals surface area contributed by atoms with E-state index in [1.54, 1.807) is 11.3 Å². The molecule has 3 aromatic rings. The van der Waals surface area contributed by atoms with Crippen LogP contribution in [0.4, 0.5) is 0 Å². The number of thiazole rings is 1. The van der Waals surface area contributed by atoms with Crippen LogP contribution in [0.1, 0.15) is 5.01 Å². The third kappa shape index (κ3) is 3.32. The number of halogens is 1. The van der Waals surface area contributed by atoms with Crippen LogP contribution < -0.4 is 0 Å². The van der Waals surface area contributed by atoms with E-state index >= 15 is 0 Å². The maximum absolute atomic E-state index is 4.71. The van der Waals surface area contributed by atoms with Gasteiger partial charge in [-0.3, -0.25) is 0 Å². The highest BCUT2D eigenvalue weighted by Gasteiger charge is 2.06. The Balaban J connectivity index is 1.71. The van der Waals surface area contributed by atoms with Gasteiger partial charge in [-0.15, -0.1) is 23.1 Å². The molecule has 0 unspecified atom stereocenters. The second-order valence-electron chi connectivity index (χ2n) is 4.21. The fourth-order valence-corrected chi connectivity index (χ4v) is 4.21. The van der Waals surface area contributed by atoms with Crippen molar-refractivity contribution in [2.75, 3.05) is 0 Å². The van der Waals surface area contributed by atoms with Gasteiger partial charge in [-0.2, -0.15) is 0 Å². The quantitative estimate of drug-likeness (QED) is 0.539. The van der Waals surface area contributed by atoms with E-state index in [1.807, 2.05) is 36.0 Å². The van der Waals surface area contributed by atoms with E-state index in [4.69, 9.17) is 4.98 Å². The summed E-state index contributed by atoms with van der Waals surface area (Å²) in [5, 5.41) is 3.29. The molecule has 0 saturated carbocycles. The topological polar surface area (TPSA) is 12.9 Å². The summed E-state index contributed by atoms with van der Waals surface area (Å²) in [4.78, 5) is 5.96. The highest BCUT2D eigenvalue weighted by atomic mass is 79.9. The first kappa shape index (κ1) is 13.9. The van der Waals surface area contributed by atoms with Crippen molar-refractivity contribution in [1.82, 2.24) is 4.98 Å². The molecule has 1 nitrogen and oxygen atoms in total. The van der Waals surface area contributed by atoms with Crippen LogP contribution in [0.2, 0.25) is 0 Å². The number of nitrogens with zero attached hydrogens (tertiary/aromatic N) is 1. The van der Waals surface area contributed by atoms with Crippen molar-refractivity contribution in [3.05, 3.63) is 69.5 Å². The second kappa shape index (κ2) is 6.57. The first-order valence-corrected chi connectivity index (χ1v) is 8.86. The van der Waals surface area contributed by atoms with Crippen molar-refractivity contribution in [3.8, 4) is 11.3 Å². The summed E-state index contributed by atoms with van der Waals surface area (Å²) in [6.07, 6.45) is 0. The third-order valence-electron chi connectivity index (χ3n) is 2.81. The van der Waals surface area contributed by atoms with Gasteiger partial charge in [0.1, 0.15) is 5.01 Å². The van der Waals surface area contributed by atoms with Gasteiger partial charge in [0.05, 0.1) is 11.4 Å². The lowest BCUT2D eigenvalue weighted by molar-refractivity contribution is 1.26. The number of hydrogen-bond donors (Lipinski definition) is 0. The van der Waals surface area contributed by atoms with E-state index in [1.165, 1.54) is 10.5 Å². The fourth-order valence-electron chi connectivity index (χ4n) is 1.82. The van der Waals surface area contributed by atoms with Crippen LogP contribution in [0, 0.1) is 0 Å². The Labute approximate surface area is 135 Å². The average Bonchev–Trinajstić information content (AvgIpc) is 2.96. The molecule has 20 heavy (non-hydrogen) atoms. The predicted molar refractivity (Wildman–Crippen MR) is 91.3 cm³/mol. The van der Waals surface area contributed by atoms with E-state index in [0.29, 0.717) is 0 Å². The summed E-state index contributed by atoms with van der Waals surface area (Å²) >= 11 is 7.11. The highest BCUT2D eigenvalue weighted by Crippen LogP contribution is 2.31. The Hall–Kier alpha value is -1.10. The van der Waals surface area contributed by atoms with Gasteiger partial charge in [-0.25, -0.2) is 4.98 Å². The molecule has 2 aromatic carbocycles. The van der Waals surface area contributed by atoms with E-state index < -0.39 is 0 Å². The zero-order valence-corrected chi connectivity index (χ0v) is 13.8. The van der Waals surface area contributed by atoms with Gasteiger partial charge < -0.3 is 0 Å². The summed E-state index contributed by atoms with van der Waals surface area (Å²) in [5.41, 5.74) is 2.25. The summed E-state index contributed by atoms with van der Waals surface area (Å²) in [5.74, 6) is 0.903. The standard InChI is InChI=1S/C16H12BrNS2/c17-13-8-4-5-9-15(13)19-11-16-18-14(10-20-16)12-6-2-1-3-7-12/h1-10H,11H2. The lowest BCUT2D eigenvalue weighted by Gasteiger charge is -2.01. The Bertz CT molecular complexity index is 694. The van der Waals surface area contributed by atoms with Crippen LogP contribution in [0.15, 0.2) is 69.3 Å². The summed E-state index contributed by atoms with van der Waals surface area (Å²) in [7, 11) is 0. The molecule has 0 radical (unpaired) electrons. The molecular weight excluding hydrogens is 350 g/mol. The lowest BCUT2D eigenvalue weighted by Crippen LogP contribution is -1.82. The largest absolute Gasteiger partial charge is 0.240 e. The molecule has 3 rings (SSSR count). The van der Waals surface area contributed by atoms with Crippen molar-refractivity contribution in [2.45, 2.75) is 10.6 Å². The van der Waals surface area contributed by atoms with Gasteiger partial charge in [-0.05, 0) is 28.1 Å². The van der Waals surface area contributed by atoms with Crippen LogP contribution >= 0.6 is 39.0 Å². The Kier molecular flexibility index (Phi) is 4.55. The van der Waals surface area contributed by atoms with Crippen LogP contribution in [0.25, 0.3) is 11.3 Å². The first-order valence-electron chi connectivity index (χ1n) is 6.20. The Morgan fingerprint density at radius 3 is 2.55 bits per heavy atom. The van der Waals surface area contributed by atoms with E-state index in [2.05, 4.69) is 51.6 Å². The Morgan fingerprint density at radius 2 is 1.75 bits per heavy atom. The SMILES string of the molecule is Brc1ccccc1SCc1nc(-c2ccccc2)cs1. The van der Waals surface area contributed by atoms with E-state index in [9.17, 15) is 0 Å². The molecule has 4 heteroatoms. The molecule has 0 saturated heterocycles. The number of thioether (sulfide) groups is 1. The average molecular weight is 362 g/mol. The minimum absolute atomic E-state index is 0.903. The van der Waals surface area contributed by atoms with Crippen LogP contribution in [0.5, 0.6) is 0 Å². The monoisotopic (exact) mass is 361 g/mol. The third-order valence-corrected chi connectivity index (χ3v) is 5.88. The lowest BCUT2D eigenvalue weighted by atomic mass is 10.2. The number of aromatic nitrogens is 1. The summed E-state index contributed by atoms with van der Waals surface area (Å²) < 4.78 is 1.14. The van der Waals surface area contributed by atoms with Crippen LogP contribution in [0.3, 0.4) is 0 Å². The van der Waals surface area contributed by atoms with Gasteiger partial charge in [0, 0.05) is 20.3 Å². The summed E-state index contributed by atoms with van der Waals surface area (Å²) in [6.45, 7) is 0. The van der Waals surface area contributed by atoms with Gasteiger partial charge in [0.2, 0.25) is 0 Å². The number of hydrogen-bond acceptors (Lipinski definition) is 3. The molecule has 0 N–H and O–H groups in total. The molecule has 1 aromatic heterocycles. The van der Waals surface area contributed by atoms with Gasteiger partial charge >= 0.3 is 0 Å². The zero-order chi connectivity index (χ0) is 13.8. The van der Waals surface area contributed by atoms with Gasteiger partial charge in [-0.1, -0.05) is 42.5 Å². The highest BCUT2D eigenvalue weighted by molar-refractivity contribution is 9.10. The minimum atomic E-state index is 0.903. The molecular formula is C16H12BrNS2. The molecule has 0 aliphatic carbocycles. The van der Waals surface area contributed by atoms with Crippen molar-refractivity contribution in [3.63, 3.8) is 0 Å². The molecule has 0 bridgehead atoms. The van der Waals surface area contributed by atoms with E-state index in [0.717, 1.165) is 20.9 Å². The second-order valence-corrected chi connectivity index (χ2v) is 7.03. The maximum atomic E-state index is 4.71. The maximum Gasteiger partial charge on any atom is 0.104 e. The molecule has 0 aliphatic rings. The summed E-state index contributed by atoms with van der Waals surface area (Å²) in [6, 6.07) is 18.6. The zero-order valence-electron chi connectivity index (χ0n) is 10.6. The molecule has 0 aliphatic heterocycles. The van der Waals surface area contributed by atoms with Gasteiger partial charge in [0.25, 0.3) is 0 Å². The number of benzene rings is 2. The van der Waals surface area contributed by atoms with Crippen LogP contribution in [-0.2, 0) is 5.75 Å². The molecule has 100 valence electrons. The van der Waals surface area contributed by atoms with Crippen molar-refractivity contribution < 1.29 is 0 Å². The van der Waals surface area contributed by atoms with Gasteiger partial charge in [0.15, 0.2) is 0 Å². The van der Waals surface area contributed by atoms with Crippen LogP contribution in [-0.4, -0.2) is 4.98 Å². The molecule has 0 spiro atoms. The molecule has 1 heterocycles. The normalized spacial score (nSPS) is 10.7. The van der Waals surface area contributed by atoms with Crippen molar-refractivity contribution in [2.24, 2.45) is 0 Å². The number of rotatable bonds is 4. The first-order chi connectivity index (χ1) is 9.83. The fraction of sp³-hybridized carbons (Fsp3) is 0.0625. The molecule has 0 atom stereocenters. The predicted octanol–water partition coefficient (Wildman–Crippen LogP) is 5.86. The Morgan fingerprint density at radius 1 is 1.00 bits per heavy atom.